The molecule has 1 unspecified atom stereocenters. The highest BCUT2D eigenvalue weighted by Crippen LogP contribution is 2.14. The lowest BCUT2D eigenvalue weighted by Crippen LogP contribution is -2.37. The highest BCUT2D eigenvalue weighted by Gasteiger charge is 2.15. The minimum absolute atomic E-state index is 0.344. The number of rotatable bonds is 24. The molecule has 0 spiro atoms. The number of aliphatic carboxylic acids is 1. The molecule has 0 aromatic rings. The van der Waals surface area contributed by atoms with Crippen molar-refractivity contribution < 1.29 is 9.90 Å². The zero-order valence-electron chi connectivity index (χ0n) is 20.0. The van der Waals surface area contributed by atoms with E-state index < -0.39 is 5.97 Å². The molecule has 0 bridgehead atoms. The molecule has 0 aliphatic carbocycles. The normalized spacial score (nSPS) is 12.3. The second-order valence-electron chi connectivity index (χ2n) is 9.00. The second-order valence-corrected chi connectivity index (χ2v) is 9.00. The molecule has 2 N–H and O–H groups in total. The van der Waals surface area contributed by atoms with Crippen LogP contribution in [0.5, 0.6) is 0 Å². The first-order valence-electron chi connectivity index (χ1n) is 13.2. The Labute approximate surface area is 182 Å². The van der Waals surface area contributed by atoms with Crippen molar-refractivity contribution in [3.8, 4) is 0 Å². The van der Waals surface area contributed by atoms with E-state index in [-0.39, 0.29) is 6.04 Å². The fourth-order valence-corrected chi connectivity index (χ4v) is 4.04. The molecule has 0 radical (unpaired) electrons. The Morgan fingerprint density at radius 1 is 0.586 bits per heavy atom. The van der Waals surface area contributed by atoms with Crippen LogP contribution in [0.2, 0.25) is 0 Å². The van der Waals surface area contributed by atoms with Crippen molar-refractivity contribution in [2.45, 2.75) is 155 Å². The number of hydrogen-bond donors (Lipinski definition) is 2. The molecule has 0 heterocycles. The van der Waals surface area contributed by atoms with Crippen LogP contribution in [0, 0.1) is 0 Å². The van der Waals surface area contributed by atoms with Crippen LogP contribution in [0.25, 0.3) is 0 Å². The molecule has 0 aromatic heterocycles. The standard InChI is InChI=1S/C26H53NO2/c1-3-5-7-9-11-12-13-14-15-16-17-18-19-21-23-25(26(28)29)27-24-22-20-10-8-6-4-2/h25,27H,3-24H2,1-2H3,(H,28,29). The number of carbonyl (C=O) groups is 1. The molecule has 0 aliphatic rings. The Morgan fingerprint density at radius 2 is 0.931 bits per heavy atom. The molecule has 3 nitrogen and oxygen atoms in total. The van der Waals surface area contributed by atoms with Crippen molar-refractivity contribution in [2.75, 3.05) is 6.54 Å². The summed E-state index contributed by atoms with van der Waals surface area (Å²) in [6.45, 7) is 5.36. The van der Waals surface area contributed by atoms with Gasteiger partial charge in [0, 0.05) is 0 Å². The Balaban J connectivity index is 3.39. The van der Waals surface area contributed by atoms with E-state index in [4.69, 9.17) is 0 Å². The summed E-state index contributed by atoms with van der Waals surface area (Å²) in [6, 6.07) is -0.344. The maximum Gasteiger partial charge on any atom is 0.320 e. The molecule has 0 aliphatic heterocycles. The molecule has 0 amide bonds. The van der Waals surface area contributed by atoms with Crippen LogP contribution in [-0.2, 0) is 4.79 Å². The van der Waals surface area contributed by atoms with Gasteiger partial charge in [-0.05, 0) is 19.4 Å². The monoisotopic (exact) mass is 411 g/mol. The first-order chi connectivity index (χ1) is 14.2. The number of hydrogen-bond acceptors (Lipinski definition) is 2. The third-order valence-corrected chi connectivity index (χ3v) is 6.07. The van der Waals surface area contributed by atoms with Gasteiger partial charge >= 0.3 is 5.97 Å². The van der Waals surface area contributed by atoms with Gasteiger partial charge in [0.2, 0.25) is 0 Å². The fourth-order valence-electron chi connectivity index (χ4n) is 4.04. The molecule has 3 heteroatoms. The molecule has 29 heavy (non-hydrogen) atoms. The first-order valence-corrected chi connectivity index (χ1v) is 13.2. The van der Waals surface area contributed by atoms with Gasteiger partial charge in [-0.15, -0.1) is 0 Å². The van der Waals surface area contributed by atoms with Crippen LogP contribution in [0.3, 0.4) is 0 Å². The molecular weight excluding hydrogens is 358 g/mol. The molecule has 0 rings (SSSR count). The first kappa shape index (κ1) is 28.4. The van der Waals surface area contributed by atoms with Crippen molar-refractivity contribution >= 4 is 5.97 Å². The lowest BCUT2D eigenvalue weighted by Gasteiger charge is -2.14. The predicted octanol–water partition coefficient (Wildman–Crippen LogP) is 8.26. The van der Waals surface area contributed by atoms with E-state index in [1.807, 2.05) is 0 Å². The van der Waals surface area contributed by atoms with Gasteiger partial charge < -0.3 is 10.4 Å². The van der Waals surface area contributed by atoms with Gasteiger partial charge in [-0.2, -0.15) is 0 Å². The SMILES string of the molecule is CCCCCCCCCCCCCCCCC(NCCCCCCCC)C(=O)O. The topological polar surface area (TPSA) is 49.3 Å². The van der Waals surface area contributed by atoms with Gasteiger partial charge in [-0.3, -0.25) is 4.79 Å². The molecule has 0 fully saturated rings. The molecular formula is C26H53NO2. The lowest BCUT2D eigenvalue weighted by molar-refractivity contribution is -0.139. The summed E-state index contributed by atoms with van der Waals surface area (Å²) in [5.74, 6) is -0.675. The minimum Gasteiger partial charge on any atom is -0.480 e. The number of unbranched alkanes of at least 4 members (excludes halogenated alkanes) is 18. The van der Waals surface area contributed by atoms with E-state index in [1.54, 1.807) is 0 Å². The Bertz CT molecular complexity index is 333. The third-order valence-electron chi connectivity index (χ3n) is 6.07. The summed E-state index contributed by atoms with van der Waals surface area (Å²) in [4.78, 5) is 11.4. The van der Waals surface area contributed by atoms with E-state index >= 15 is 0 Å². The summed E-state index contributed by atoms with van der Waals surface area (Å²) >= 11 is 0. The molecule has 1 atom stereocenters. The third kappa shape index (κ3) is 21.9. The summed E-state index contributed by atoms with van der Waals surface area (Å²) in [5.41, 5.74) is 0. The highest BCUT2D eigenvalue weighted by atomic mass is 16.4. The maximum atomic E-state index is 11.4. The average molecular weight is 412 g/mol. The number of nitrogens with one attached hydrogen (secondary N) is 1. The minimum atomic E-state index is -0.675. The molecule has 0 saturated heterocycles. The van der Waals surface area contributed by atoms with E-state index in [2.05, 4.69) is 19.2 Å². The summed E-state index contributed by atoms with van der Waals surface area (Å²) < 4.78 is 0. The summed E-state index contributed by atoms with van der Waals surface area (Å²) in [7, 11) is 0. The van der Waals surface area contributed by atoms with Gasteiger partial charge in [0.15, 0.2) is 0 Å². The van der Waals surface area contributed by atoms with E-state index in [0.717, 1.165) is 25.8 Å². The van der Waals surface area contributed by atoms with Crippen LogP contribution in [0.15, 0.2) is 0 Å². The van der Waals surface area contributed by atoms with E-state index in [1.165, 1.54) is 116 Å². The summed E-state index contributed by atoms with van der Waals surface area (Å²) in [6.07, 6.45) is 27.1. The van der Waals surface area contributed by atoms with Crippen molar-refractivity contribution in [3.05, 3.63) is 0 Å². The zero-order valence-corrected chi connectivity index (χ0v) is 20.0. The smallest absolute Gasteiger partial charge is 0.320 e. The van der Waals surface area contributed by atoms with Gasteiger partial charge in [-0.1, -0.05) is 136 Å². The molecule has 0 aromatic carbocycles. The quantitative estimate of drug-likeness (QED) is 0.157. The fraction of sp³-hybridized carbons (Fsp3) is 0.962. The van der Waals surface area contributed by atoms with Crippen LogP contribution in [0.4, 0.5) is 0 Å². The van der Waals surface area contributed by atoms with Gasteiger partial charge in [0.05, 0.1) is 0 Å². The Morgan fingerprint density at radius 3 is 1.31 bits per heavy atom. The van der Waals surface area contributed by atoms with Crippen molar-refractivity contribution in [2.24, 2.45) is 0 Å². The van der Waals surface area contributed by atoms with Crippen LogP contribution in [-0.4, -0.2) is 23.7 Å². The summed E-state index contributed by atoms with van der Waals surface area (Å²) in [5, 5.41) is 12.6. The van der Waals surface area contributed by atoms with Crippen molar-refractivity contribution in [1.82, 2.24) is 5.32 Å². The van der Waals surface area contributed by atoms with E-state index in [0.29, 0.717) is 0 Å². The van der Waals surface area contributed by atoms with Gasteiger partial charge in [0.1, 0.15) is 6.04 Å². The number of carboxylic acids is 1. The predicted molar refractivity (Wildman–Crippen MR) is 128 cm³/mol. The highest BCUT2D eigenvalue weighted by molar-refractivity contribution is 5.73. The molecule has 174 valence electrons. The van der Waals surface area contributed by atoms with Crippen molar-refractivity contribution in [1.29, 1.82) is 0 Å². The maximum absolute atomic E-state index is 11.4. The van der Waals surface area contributed by atoms with E-state index in [9.17, 15) is 9.90 Å². The molecule has 0 saturated carbocycles. The van der Waals surface area contributed by atoms with Crippen molar-refractivity contribution in [3.63, 3.8) is 0 Å². The van der Waals surface area contributed by atoms with Crippen LogP contribution < -0.4 is 5.32 Å². The second kappa shape index (κ2) is 23.7. The van der Waals surface area contributed by atoms with Crippen LogP contribution >= 0.6 is 0 Å². The largest absolute Gasteiger partial charge is 0.480 e. The number of carboxylic acid groups (broad SMARTS) is 1. The van der Waals surface area contributed by atoms with Crippen LogP contribution in [0.1, 0.15) is 149 Å². The van der Waals surface area contributed by atoms with Gasteiger partial charge in [0.25, 0.3) is 0 Å². The van der Waals surface area contributed by atoms with Gasteiger partial charge in [-0.25, -0.2) is 0 Å². The Kier molecular flexibility index (Phi) is 23.2. The average Bonchev–Trinajstić information content (AvgIpc) is 2.71. The Hall–Kier alpha value is -0.570. The zero-order chi connectivity index (χ0) is 21.4. The lowest BCUT2D eigenvalue weighted by atomic mass is 10.0.